The first-order valence-electron chi connectivity index (χ1n) is 3.33. The largest absolute Gasteiger partial charge is 0.300 e. The highest BCUT2D eigenvalue weighted by Crippen LogP contribution is 1.97. The van der Waals surface area contributed by atoms with Crippen molar-refractivity contribution in [2.45, 2.75) is 0 Å². The lowest BCUT2D eigenvalue weighted by atomic mass is 10.9. The van der Waals surface area contributed by atoms with Crippen LogP contribution in [0.2, 0.25) is 0 Å². The molecule has 11 heavy (non-hydrogen) atoms. The van der Waals surface area contributed by atoms with Crippen molar-refractivity contribution in [3.63, 3.8) is 0 Å². The summed E-state index contributed by atoms with van der Waals surface area (Å²) in [6.07, 6.45) is 5.34. The molecule has 0 unspecified atom stereocenters. The van der Waals surface area contributed by atoms with Crippen LogP contribution in [0.3, 0.4) is 0 Å². The Morgan fingerprint density at radius 2 is 2.27 bits per heavy atom. The van der Waals surface area contributed by atoms with E-state index >= 15 is 0 Å². The van der Waals surface area contributed by atoms with Crippen molar-refractivity contribution >= 4 is 5.78 Å². The highest BCUT2D eigenvalue weighted by Gasteiger charge is 2.02. The molecule has 2 aromatic rings. The monoisotopic (exact) mass is 151 g/mol. The van der Waals surface area contributed by atoms with E-state index in [4.69, 9.17) is 0 Å². The maximum absolute atomic E-state index is 4.12. The van der Waals surface area contributed by atoms with Crippen LogP contribution in [0.5, 0.6) is 0 Å². The van der Waals surface area contributed by atoms with Gasteiger partial charge in [0.05, 0.1) is 0 Å². The van der Waals surface area contributed by atoms with E-state index in [-0.39, 0.29) is 0 Å². The second-order valence-corrected chi connectivity index (χ2v) is 2.50. The molecule has 5 nitrogen and oxygen atoms in total. The third-order valence-electron chi connectivity index (χ3n) is 1.49. The Kier molecular flexibility index (Phi) is 1.12. The van der Waals surface area contributed by atoms with Gasteiger partial charge in [0.2, 0.25) is 0 Å². The van der Waals surface area contributed by atoms with Crippen molar-refractivity contribution in [3.05, 3.63) is 18.7 Å². The first-order valence-corrected chi connectivity index (χ1v) is 3.33. The van der Waals surface area contributed by atoms with Crippen LogP contribution in [0, 0.1) is 0 Å². The van der Waals surface area contributed by atoms with Crippen LogP contribution in [0.25, 0.3) is 5.78 Å². The molecule has 0 aliphatic carbocycles. The Morgan fingerprint density at radius 1 is 1.45 bits per heavy atom. The van der Waals surface area contributed by atoms with Gasteiger partial charge >= 0.3 is 0 Å². The summed E-state index contributed by atoms with van der Waals surface area (Å²) in [5.74, 6) is 0.829. The van der Waals surface area contributed by atoms with Gasteiger partial charge in [0.1, 0.15) is 6.33 Å². The van der Waals surface area contributed by atoms with Gasteiger partial charge < -0.3 is 0 Å². The molecule has 5 heteroatoms. The number of nitrogens with zero attached hydrogens (tertiary/aromatic N) is 5. The minimum Gasteiger partial charge on any atom is -0.300 e. The molecule has 0 bridgehead atoms. The topological polar surface area (TPSA) is 38.4 Å². The van der Waals surface area contributed by atoms with E-state index in [2.05, 4.69) is 10.1 Å². The van der Waals surface area contributed by atoms with Crippen LogP contribution < -0.4 is 5.01 Å². The fourth-order valence-electron chi connectivity index (χ4n) is 0.989. The first-order chi connectivity index (χ1) is 5.29. The fourth-order valence-corrected chi connectivity index (χ4v) is 0.989. The molecular formula is C6H9N5. The van der Waals surface area contributed by atoms with Gasteiger partial charge in [0.15, 0.2) is 0 Å². The van der Waals surface area contributed by atoms with Crippen molar-refractivity contribution < 1.29 is 0 Å². The predicted octanol–water partition coefficient (Wildman–Crippen LogP) is -0.272. The number of rotatable bonds is 1. The van der Waals surface area contributed by atoms with E-state index in [9.17, 15) is 0 Å². The standard InChI is InChI=1S/C6H9N5/c1-9(2)11-6-7-3-4-10(6)5-8-11/h3-5H,1-2H3. The Labute approximate surface area is 63.8 Å². The molecule has 2 heterocycles. The number of hydrogen-bond donors (Lipinski definition) is 0. The van der Waals surface area contributed by atoms with E-state index in [1.54, 1.807) is 17.3 Å². The second-order valence-electron chi connectivity index (χ2n) is 2.50. The minimum atomic E-state index is 0.829. The lowest BCUT2D eigenvalue weighted by Crippen LogP contribution is -2.26. The van der Waals surface area contributed by atoms with E-state index in [0.29, 0.717) is 0 Å². The lowest BCUT2D eigenvalue weighted by Gasteiger charge is -2.10. The van der Waals surface area contributed by atoms with Crippen LogP contribution in [0.4, 0.5) is 0 Å². The number of fused-ring (bicyclic) bond motifs is 1. The number of hydrogen-bond acceptors (Lipinski definition) is 3. The third-order valence-corrected chi connectivity index (χ3v) is 1.49. The van der Waals surface area contributed by atoms with Gasteiger partial charge in [-0.3, -0.25) is 9.41 Å². The van der Waals surface area contributed by atoms with Crippen LogP contribution in [0.15, 0.2) is 18.7 Å². The van der Waals surface area contributed by atoms with E-state index in [1.165, 1.54) is 0 Å². The molecule has 0 atom stereocenters. The van der Waals surface area contributed by atoms with Gasteiger partial charge in [-0.25, -0.2) is 4.98 Å². The Morgan fingerprint density at radius 3 is 3.00 bits per heavy atom. The summed E-state index contributed by atoms with van der Waals surface area (Å²) < 4.78 is 1.86. The minimum absolute atomic E-state index is 0.829. The normalized spacial score (nSPS) is 10.7. The SMILES string of the molecule is CN(C)n1ncn2ccnc12. The van der Waals surface area contributed by atoms with Crippen LogP contribution in [0.1, 0.15) is 0 Å². The number of aromatic nitrogens is 4. The van der Waals surface area contributed by atoms with Crippen LogP contribution in [-0.4, -0.2) is 33.4 Å². The highest BCUT2D eigenvalue weighted by molar-refractivity contribution is 5.27. The van der Waals surface area contributed by atoms with Gasteiger partial charge in [0.25, 0.3) is 5.78 Å². The zero-order chi connectivity index (χ0) is 7.84. The molecule has 0 saturated heterocycles. The molecule has 0 fully saturated rings. The summed E-state index contributed by atoms with van der Waals surface area (Å²) in [5, 5.41) is 5.96. The van der Waals surface area contributed by atoms with Crippen molar-refractivity contribution in [3.8, 4) is 0 Å². The molecule has 0 amide bonds. The second kappa shape index (κ2) is 1.98. The molecule has 0 saturated carbocycles. The van der Waals surface area contributed by atoms with Crippen molar-refractivity contribution in [1.82, 2.24) is 19.3 Å². The molecule has 0 aliphatic rings. The Balaban J connectivity index is 2.68. The van der Waals surface area contributed by atoms with Gasteiger partial charge in [-0.15, -0.1) is 9.89 Å². The van der Waals surface area contributed by atoms with E-state index in [0.717, 1.165) is 5.78 Å². The summed E-state index contributed by atoms with van der Waals surface area (Å²) in [6, 6.07) is 0. The van der Waals surface area contributed by atoms with E-state index in [1.807, 2.05) is 29.7 Å². The van der Waals surface area contributed by atoms with Crippen LogP contribution in [-0.2, 0) is 0 Å². The average Bonchev–Trinajstić information content (AvgIpc) is 2.41. The number of imidazole rings is 1. The lowest BCUT2D eigenvalue weighted by molar-refractivity contribution is 0.654. The molecule has 0 aliphatic heterocycles. The Hall–Kier alpha value is -1.52. The summed E-state index contributed by atoms with van der Waals surface area (Å²) in [6.45, 7) is 0. The zero-order valence-corrected chi connectivity index (χ0v) is 6.47. The summed E-state index contributed by atoms with van der Waals surface area (Å²) >= 11 is 0. The van der Waals surface area contributed by atoms with Crippen molar-refractivity contribution in [1.29, 1.82) is 0 Å². The smallest absolute Gasteiger partial charge is 0.252 e. The van der Waals surface area contributed by atoms with Crippen LogP contribution >= 0.6 is 0 Å². The molecule has 58 valence electrons. The van der Waals surface area contributed by atoms with Crippen molar-refractivity contribution in [2.24, 2.45) is 0 Å². The van der Waals surface area contributed by atoms with Gasteiger partial charge in [-0.2, -0.15) is 0 Å². The summed E-state index contributed by atoms with van der Waals surface area (Å²) in [4.78, 5) is 5.84. The van der Waals surface area contributed by atoms with Gasteiger partial charge in [0, 0.05) is 26.5 Å². The average molecular weight is 151 g/mol. The van der Waals surface area contributed by atoms with Gasteiger partial charge in [-0.1, -0.05) is 0 Å². The third kappa shape index (κ3) is 0.772. The van der Waals surface area contributed by atoms with E-state index < -0.39 is 0 Å². The molecule has 2 rings (SSSR count). The van der Waals surface area contributed by atoms with Crippen molar-refractivity contribution in [2.75, 3.05) is 19.1 Å². The highest BCUT2D eigenvalue weighted by atomic mass is 15.7. The Bertz CT molecular complexity index is 358. The molecule has 0 N–H and O–H groups in total. The molecular weight excluding hydrogens is 142 g/mol. The molecule has 0 radical (unpaired) electrons. The first kappa shape index (κ1) is 6.21. The summed E-state index contributed by atoms with van der Waals surface area (Å²) in [7, 11) is 3.84. The predicted molar refractivity (Wildman–Crippen MR) is 41.0 cm³/mol. The fraction of sp³-hybridized carbons (Fsp3) is 0.333. The zero-order valence-electron chi connectivity index (χ0n) is 6.47. The molecule has 0 aromatic carbocycles. The maximum atomic E-state index is 4.12. The summed E-state index contributed by atoms with van der Waals surface area (Å²) in [5.41, 5.74) is 0. The van der Waals surface area contributed by atoms with Gasteiger partial charge in [-0.05, 0) is 0 Å². The maximum Gasteiger partial charge on any atom is 0.252 e. The molecule has 0 spiro atoms. The molecule has 2 aromatic heterocycles. The quantitative estimate of drug-likeness (QED) is 0.563.